The molecule has 1 saturated heterocycles. The minimum atomic E-state index is -3.21. The van der Waals surface area contributed by atoms with Crippen LogP contribution in [0.2, 0.25) is 0 Å². The lowest BCUT2D eigenvalue weighted by Gasteiger charge is -2.15. The maximum absolute atomic E-state index is 11.1. The van der Waals surface area contributed by atoms with Crippen LogP contribution in [0.5, 0.6) is 11.5 Å². The van der Waals surface area contributed by atoms with E-state index in [1.54, 1.807) is 19.2 Å². The van der Waals surface area contributed by atoms with Crippen molar-refractivity contribution in [3.63, 3.8) is 0 Å². The van der Waals surface area contributed by atoms with Gasteiger partial charge in [0.05, 0.1) is 19.5 Å². The zero-order valence-electron chi connectivity index (χ0n) is 12.3. The van der Waals surface area contributed by atoms with Crippen LogP contribution in [0, 0.1) is 0 Å². The minimum absolute atomic E-state index is 0.140. The van der Waals surface area contributed by atoms with Crippen LogP contribution in [-0.4, -0.2) is 41.1 Å². The Hall–Kier alpha value is -1.31. The number of hydrogen-bond acceptors (Lipinski definition) is 5. The van der Waals surface area contributed by atoms with Crippen molar-refractivity contribution in [2.24, 2.45) is 0 Å². The van der Waals surface area contributed by atoms with E-state index in [0.717, 1.165) is 31.3 Å². The lowest BCUT2D eigenvalue weighted by Crippen LogP contribution is -2.21. The van der Waals surface area contributed by atoms with E-state index in [1.807, 2.05) is 6.07 Å². The van der Waals surface area contributed by atoms with Crippen LogP contribution in [-0.2, 0) is 21.3 Å². The van der Waals surface area contributed by atoms with Gasteiger partial charge in [0.25, 0.3) is 0 Å². The molecule has 1 aromatic carbocycles. The second-order valence-corrected chi connectivity index (χ2v) is 6.86. The molecule has 0 bridgehead atoms. The van der Waals surface area contributed by atoms with Gasteiger partial charge in [0, 0.05) is 13.2 Å². The normalized spacial score (nSPS) is 18.7. The summed E-state index contributed by atoms with van der Waals surface area (Å²) in [4.78, 5) is 0. The molecular weight excluding hydrogens is 294 g/mol. The van der Waals surface area contributed by atoms with E-state index in [1.165, 1.54) is 0 Å². The minimum Gasteiger partial charge on any atom is -0.493 e. The van der Waals surface area contributed by atoms with Crippen molar-refractivity contribution in [3.8, 4) is 11.5 Å². The molecule has 1 aliphatic rings. The van der Waals surface area contributed by atoms with E-state index in [9.17, 15) is 8.42 Å². The Kier molecular flexibility index (Phi) is 5.44. The van der Waals surface area contributed by atoms with Gasteiger partial charge >= 0.3 is 0 Å². The van der Waals surface area contributed by atoms with Crippen molar-refractivity contribution in [2.75, 3.05) is 26.6 Å². The lowest BCUT2D eigenvalue weighted by molar-refractivity contribution is 0.0669. The van der Waals surface area contributed by atoms with Gasteiger partial charge in [-0.25, -0.2) is 13.1 Å². The van der Waals surface area contributed by atoms with Gasteiger partial charge < -0.3 is 14.2 Å². The lowest BCUT2D eigenvalue weighted by atomic mass is 10.2. The summed E-state index contributed by atoms with van der Waals surface area (Å²) in [6, 6.07) is 5.36. The molecule has 0 aromatic heterocycles. The van der Waals surface area contributed by atoms with Gasteiger partial charge in [-0.3, -0.25) is 0 Å². The Morgan fingerprint density at radius 1 is 1.38 bits per heavy atom. The number of ether oxygens (including phenoxy) is 3. The highest BCUT2D eigenvalue weighted by Crippen LogP contribution is 2.29. The topological polar surface area (TPSA) is 73.9 Å². The van der Waals surface area contributed by atoms with E-state index in [2.05, 4.69) is 4.72 Å². The Morgan fingerprint density at radius 3 is 2.81 bits per heavy atom. The van der Waals surface area contributed by atoms with Crippen molar-refractivity contribution in [3.05, 3.63) is 23.8 Å². The first-order valence-electron chi connectivity index (χ1n) is 6.84. The number of nitrogens with one attached hydrogen (secondary N) is 1. The van der Waals surface area contributed by atoms with Crippen LogP contribution in [0.4, 0.5) is 0 Å². The molecule has 0 saturated carbocycles. The second kappa shape index (κ2) is 7.11. The zero-order valence-corrected chi connectivity index (χ0v) is 13.1. The van der Waals surface area contributed by atoms with Gasteiger partial charge in [-0.05, 0) is 30.5 Å². The molecule has 6 nitrogen and oxygen atoms in total. The summed E-state index contributed by atoms with van der Waals surface area (Å²) in [5.41, 5.74) is 0.807. The van der Waals surface area contributed by atoms with Crippen LogP contribution in [0.1, 0.15) is 18.4 Å². The molecule has 0 amide bonds. The molecule has 118 valence electrons. The molecule has 0 aliphatic carbocycles. The van der Waals surface area contributed by atoms with Crippen LogP contribution < -0.4 is 14.2 Å². The molecule has 2 rings (SSSR count). The molecule has 1 atom stereocenters. The second-order valence-electron chi connectivity index (χ2n) is 5.02. The quantitative estimate of drug-likeness (QED) is 0.821. The number of rotatable bonds is 7. The molecule has 0 spiro atoms. The fourth-order valence-corrected chi connectivity index (χ4v) is 2.54. The summed E-state index contributed by atoms with van der Waals surface area (Å²) >= 11 is 0. The monoisotopic (exact) mass is 315 g/mol. The highest BCUT2D eigenvalue weighted by atomic mass is 32.2. The van der Waals surface area contributed by atoms with Crippen LogP contribution in [0.25, 0.3) is 0 Å². The first-order valence-corrected chi connectivity index (χ1v) is 8.73. The van der Waals surface area contributed by atoms with E-state index in [4.69, 9.17) is 14.2 Å². The number of benzene rings is 1. The maximum atomic E-state index is 11.1. The van der Waals surface area contributed by atoms with Crippen molar-refractivity contribution >= 4 is 10.0 Å². The number of hydrogen-bond donors (Lipinski definition) is 1. The Balaban J connectivity index is 1.98. The van der Waals surface area contributed by atoms with Crippen molar-refractivity contribution in [1.29, 1.82) is 0 Å². The summed E-state index contributed by atoms with van der Waals surface area (Å²) in [7, 11) is -1.65. The summed E-state index contributed by atoms with van der Waals surface area (Å²) in [5.74, 6) is 1.22. The van der Waals surface area contributed by atoms with E-state index in [-0.39, 0.29) is 12.6 Å². The average Bonchev–Trinajstić information content (AvgIpc) is 2.95. The van der Waals surface area contributed by atoms with Crippen LogP contribution >= 0.6 is 0 Å². The highest BCUT2D eigenvalue weighted by Gasteiger charge is 2.17. The largest absolute Gasteiger partial charge is 0.493 e. The summed E-state index contributed by atoms with van der Waals surface area (Å²) in [5, 5.41) is 0. The maximum Gasteiger partial charge on any atom is 0.209 e. The van der Waals surface area contributed by atoms with Crippen molar-refractivity contribution < 1.29 is 22.6 Å². The molecule has 7 heteroatoms. The number of sulfonamides is 1. The predicted octanol–water partition coefficient (Wildman–Crippen LogP) is 1.30. The van der Waals surface area contributed by atoms with Crippen molar-refractivity contribution in [2.45, 2.75) is 25.5 Å². The van der Waals surface area contributed by atoms with Gasteiger partial charge in [-0.1, -0.05) is 6.07 Å². The van der Waals surface area contributed by atoms with Crippen molar-refractivity contribution in [1.82, 2.24) is 4.72 Å². The van der Waals surface area contributed by atoms with E-state index in [0.29, 0.717) is 18.1 Å². The van der Waals surface area contributed by atoms with Crippen LogP contribution in [0.3, 0.4) is 0 Å². The SMILES string of the molecule is COc1cc(CNS(C)(=O)=O)ccc1OCC1CCCO1. The van der Waals surface area contributed by atoms with Gasteiger partial charge in [-0.2, -0.15) is 0 Å². The fourth-order valence-electron chi connectivity index (χ4n) is 2.11. The smallest absolute Gasteiger partial charge is 0.209 e. The Labute approximate surface area is 125 Å². The first-order chi connectivity index (χ1) is 9.98. The Morgan fingerprint density at radius 2 is 2.19 bits per heavy atom. The van der Waals surface area contributed by atoms with E-state index >= 15 is 0 Å². The predicted molar refractivity (Wildman–Crippen MR) is 79.1 cm³/mol. The molecule has 21 heavy (non-hydrogen) atoms. The molecule has 1 unspecified atom stereocenters. The van der Waals surface area contributed by atoms with Gasteiger partial charge in [0.2, 0.25) is 10.0 Å². The zero-order chi connectivity index (χ0) is 15.3. The fraction of sp³-hybridized carbons (Fsp3) is 0.571. The first kappa shape index (κ1) is 16.1. The average molecular weight is 315 g/mol. The number of methoxy groups -OCH3 is 1. The van der Waals surface area contributed by atoms with Gasteiger partial charge in [-0.15, -0.1) is 0 Å². The summed E-state index contributed by atoms with van der Waals surface area (Å²) in [6.07, 6.45) is 3.35. The third-order valence-corrected chi connectivity index (χ3v) is 3.88. The standard InChI is InChI=1S/C14H21NO5S/c1-18-14-8-11(9-15-21(2,16)17)5-6-13(14)20-10-12-4-3-7-19-12/h5-6,8,12,15H,3-4,7,9-10H2,1-2H3. The molecular formula is C14H21NO5S. The van der Waals surface area contributed by atoms with Crippen LogP contribution in [0.15, 0.2) is 18.2 Å². The highest BCUT2D eigenvalue weighted by molar-refractivity contribution is 7.88. The Bertz CT molecular complexity index is 567. The summed E-state index contributed by atoms with van der Waals surface area (Å²) < 4.78 is 41.1. The van der Waals surface area contributed by atoms with E-state index < -0.39 is 10.0 Å². The third kappa shape index (κ3) is 5.18. The van der Waals surface area contributed by atoms with Gasteiger partial charge in [0.1, 0.15) is 6.61 Å². The molecule has 0 radical (unpaired) electrons. The molecule has 1 fully saturated rings. The molecule has 1 aliphatic heterocycles. The van der Waals surface area contributed by atoms with Gasteiger partial charge in [0.15, 0.2) is 11.5 Å². The molecule has 1 N–H and O–H groups in total. The third-order valence-electron chi connectivity index (χ3n) is 3.22. The molecule has 1 heterocycles. The summed E-state index contributed by atoms with van der Waals surface area (Å²) in [6.45, 7) is 1.51. The molecule has 1 aromatic rings.